The summed E-state index contributed by atoms with van der Waals surface area (Å²) in [6.07, 6.45) is 8.38. The lowest BCUT2D eigenvalue weighted by Crippen LogP contribution is -2.51. The molecule has 0 fully saturated rings. The largest absolute Gasteiger partial charge is 0.391 e. The van der Waals surface area contributed by atoms with Crippen LogP contribution in [-0.4, -0.2) is 47.6 Å². The summed E-state index contributed by atoms with van der Waals surface area (Å²) in [5.41, 5.74) is 8.42. The monoisotopic (exact) mass is 623 g/mol. The molecule has 6 nitrogen and oxygen atoms in total. The molecule has 0 spiro atoms. The number of aliphatic hydroxyl groups excluding tert-OH is 1. The maximum atomic E-state index is 14.3. The van der Waals surface area contributed by atoms with Crippen LogP contribution >= 0.6 is 0 Å². The Balaban J connectivity index is 1.92. The van der Waals surface area contributed by atoms with E-state index in [4.69, 9.17) is 5.73 Å². The van der Waals surface area contributed by atoms with Crippen molar-refractivity contribution in [2.24, 2.45) is 17.1 Å². The summed E-state index contributed by atoms with van der Waals surface area (Å²) >= 11 is 0. The van der Waals surface area contributed by atoms with Crippen molar-refractivity contribution >= 4 is 11.8 Å². The van der Waals surface area contributed by atoms with Crippen molar-refractivity contribution in [3.63, 3.8) is 0 Å². The molecule has 0 bridgehead atoms. The van der Waals surface area contributed by atoms with E-state index in [9.17, 15) is 23.5 Å². The lowest BCUT2D eigenvalue weighted by atomic mass is 9.63. The van der Waals surface area contributed by atoms with Crippen molar-refractivity contribution in [2.45, 2.75) is 91.7 Å². The number of aliphatic hydroxyl groups is 1. The summed E-state index contributed by atoms with van der Waals surface area (Å²) in [7, 11) is 0. The van der Waals surface area contributed by atoms with Gasteiger partial charge in [0, 0.05) is 43.7 Å². The highest BCUT2D eigenvalue weighted by Gasteiger charge is 2.48. The Kier molecular flexibility index (Phi) is 13.9. The van der Waals surface area contributed by atoms with Crippen LogP contribution in [0.4, 0.5) is 8.78 Å². The number of unbranched alkanes of at least 4 members (excludes halogenated alkanes) is 2. The van der Waals surface area contributed by atoms with Gasteiger partial charge in [0.15, 0.2) is 0 Å². The van der Waals surface area contributed by atoms with Gasteiger partial charge in [-0.1, -0.05) is 75.6 Å². The molecule has 0 aliphatic heterocycles. The van der Waals surface area contributed by atoms with Crippen LogP contribution in [0, 0.1) is 23.0 Å². The third kappa shape index (κ3) is 10.1. The molecule has 2 aromatic carbocycles. The molecule has 4 N–H and O–H groups in total. The molecule has 0 aromatic heterocycles. The van der Waals surface area contributed by atoms with Crippen LogP contribution in [0.1, 0.15) is 82.9 Å². The van der Waals surface area contributed by atoms with Crippen LogP contribution in [0.2, 0.25) is 0 Å². The Bertz CT molecular complexity index is 1330. The molecule has 0 saturated heterocycles. The molecule has 8 heteroatoms. The highest BCUT2D eigenvalue weighted by atomic mass is 19.1. The summed E-state index contributed by atoms with van der Waals surface area (Å²) in [4.78, 5) is 29.0. The number of benzene rings is 2. The fourth-order valence-electron chi connectivity index (χ4n) is 6.54. The zero-order valence-corrected chi connectivity index (χ0v) is 27.4. The first-order valence-corrected chi connectivity index (χ1v) is 16.4. The molecule has 246 valence electrons. The van der Waals surface area contributed by atoms with E-state index in [1.54, 1.807) is 24.0 Å². The summed E-state index contributed by atoms with van der Waals surface area (Å²) in [6.45, 7) is 9.74. The first kappa shape index (κ1) is 36.1. The van der Waals surface area contributed by atoms with Gasteiger partial charge >= 0.3 is 0 Å². The number of nitrogens with two attached hydrogens (primary N) is 1. The number of carbonyl (C=O) groups is 2. The van der Waals surface area contributed by atoms with Crippen LogP contribution in [-0.2, 0) is 29.0 Å². The van der Waals surface area contributed by atoms with Crippen LogP contribution < -0.4 is 11.1 Å². The van der Waals surface area contributed by atoms with Crippen LogP contribution in [0.5, 0.6) is 0 Å². The van der Waals surface area contributed by atoms with Gasteiger partial charge in [-0.25, -0.2) is 8.78 Å². The number of nitrogens with one attached hydrogen (secondary N) is 1. The zero-order valence-electron chi connectivity index (χ0n) is 27.4. The summed E-state index contributed by atoms with van der Waals surface area (Å²) in [5.74, 6) is -3.23. The highest BCUT2D eigenvalue weighted by molar-refractivity contribution is 5.97. The molecule has 2 aromatic rings. The fourth-order valence-corrected chi connectivity index (χ4v) is 6.54. The molecular weight excluding hydrogens is 572 g/mol. The van der Waals surface area contributed by atoms with Crippen molar-refractivity contribution in [1.82, 2.24) is 10.2 Å². The van der Waals surface area contributed by atoms with Crippen LogP contribution in [0.3, 0.4) is 0 Å². The summed E-state index contributed by atoms with van der Waals surface area (Å²) in [6, 6.07) is 11.5. The van der Waals surface area contributed by atoms with E-state index >= 15 is 0 Å². The van der Waals surface area contributed by atoms with E-state index in [1.807, 2.05) is 26.0 Å². The fraction of sp³-hybridized carbons (Fsp3) is 0.514. The van der Waals surface area contributed by atoms with Gasteiger partial charge in [-0.05, 0) is 74.3 Å². The van der Waals surface area contributed by atoms with Crippen molar-refractivity contribution < 1.29 is 23.5 Å². The molecule has 0 heterocycles. The van der Waals surface area contributed by atoms with E-state index in [-0.39, 0.29) is 25.3 Å². The Labute approximate surface area is 267 Å². The molecule has 3 rings (SSSR count). The maximum Gasteiger partial charge on any atom is 0.249 e. The number of amides is 2. The van der Waals surface area contributed by atoms with Gasteiger partial charge in [-0.15, -0.1) is 0 Å². The van der Waals surface area contributed by atoms with E-state index in [1.165, 1.54) is 24.1 Å². The van der Waals surface area contributed by atoms with Gasteiger partial charge in [0.1, 0.15) is 11.6 Å². The summed E-state index contributed by atoms with van der Waals surface area (Å²) < 4.78 is 28.6. The molecule has 1 aliphatic rings. The summed E-state index contributed by atoms with van der Waals surface area (Å²) in [5, 5.41) is 15.1. The van der Waals surface area contributed by atoms with E-state index < -0.39 is 35.0 Å². The van der Waals surface area contributed by atoms with Crippen molar-refractivity contribution in [3.8, 4) is 0 Å². The predicted octanol–water partition coefficient (Wildman–Crippen LogP) is 6.40. The van der Waals surface area contributed by atoms with Crippen LogP contribution in [0.15, 0.2) is 65.8 Å². The molecule has 2 amide bonds. The lowest BCUT2D eigenvalue weighted by Gasteiger charge is -2.42. The average Bonchev–Trinajstić information content (AvgIpc) is 2.99. The van der Waals surface area contributed by atoms with Gasteiger partial charge in [0.25, 0.3) is 0 Å². The number of nitrogens with zero attached hydrogens (tertiary/aromatic N) is 1. The minimum atomic E-state index is -1.46. The number of hydrogen-bond donors (Lipinski definition) is 3. The number of aryl methyl sites for hydroxylation is 1. The second kappa shape index (κ2) is 17.4. The first-order valence-electron chi connectivity index (χ1n) is 16.4. The topological polar surface area (TPSA) is 95.7 Å². The third-order valence-electron chi connectivity index (χ3n) is 8.62. The number of hydrogen-bond acceptors (Lipinski definition) is 4. The van der Waals surface area contributed by atoms with Gasteiger partial charge in [0.05, 0.1) is 11.5 Å². The maximum absolute atomic E-state index is 14.3. The standard InChI is InChI=1S/C37H51F2N3O3/c1-5-8-9-11-27-12-10-13-28(17-27)24-41-25-34(43)33(20-29-18-31(38)21-32(39)19-29)37(36(40)45)22-26(4)16-30(23-37)35(44)42(14-6-2)15-7-3/h10,12-13,16-19,21-22,33-34,41,43H,5-9,11,14-15,20,23-25H2,1-4H3,(H2,40,45)/t33-,34+,37?/m1/s1. The average molecular weight is 624 g/mol. The van der Waals surface area contributed by atoms with Crippen molar-refractivity contribution in [3.05, 3.63) is 94.1 Å². The second-order valence-corrected chi connectivity index (χ2v) is 12.5. The number of primary amides is 1. The van der Waals surface area contributed by atoms with E-state index in [0.29, 0.717) is 36.3 Å². The molecule has 0 radical (unpaired) electrons. The van der Waals surface area contributed by atoms with Crippen molar-refractivity contribution in [1.29, 1.82) is 0 Å². The smallest absolute Gasteiger partial charge is 0.249 e. The zero-order chi connectivity index (χ0) is 33.0. The normalized spacial score (nSPS) is 17.8. The predicted molar refractivity (Wildman–Crippen MR) is 176 cm³/mol. The Morgan fingerprint density at radius 1 is 0.978 bits per heavy atom. The third-order valence-corrected chi connectivity index (χ3v) is 8.62. The molecular formula is C37H51F2N3O3. The minimum absolute atomic E-state index is 0.0121. The lowest BCUT2D eigenvalue weighted by molar-refractivity contribution is -0.132. The highest BCUT2D eigenvalue weighted by Crippen LogP contribution is 2.44. The van der Waals surface area contributed by atoms with Gasteiger partial charge in [-0.2, -0.15) is 0 Å². The Hall–Kier alpha value is -3.36. The van der Waals surface area contributed by atoms with Gasteiger partial charge in [0.2, 0.25) is 11.8 Å². The molecule has 3 atom stereocenters. The Morgan fingerprint density at radius 3 is 2.27 bits per heavy atom. The van der Waals surface area contributed by atoms with E-state index in [2.05, 4.69) is 24.4 Å². The molecule has 1 aliphatic carbocycles. The molecule has 45 heavy (non-hydrogen) atoms. The quantitative estimate of drug-likeness (QED) is 0.168. The van der Waals surface area contributed by atoms with E-state index in [0.717, 1.165) is 43.7 Å². The number of carbonyl (C=O) groups excluding carboxylic acids is 2. The van der Waals surface area contributed by atoms with Gasteiger partial charge in [-0.3, -0.25) is 9.59 Å². The first-order chi connectivity index (χ1) is 21.5. The number of rotatable bonds is 18. The second-order valence-electron chi connectivity index (χ2n) is 12.5. The Morgan fingerprint density at radius 2 is 1.64 bits per heavy atom. The minimum Gasteiger partial charge on any atom is -0.391 e. The molecule has 0 saturated carbocycles. The van der Waals surface area contributed by atoms with Crippen molar-refractivity contribution in [2.75, 3.05) is 19.6 Å². The molecule has 1 unspecified atom stereocenters. The number of halogens is 2. The van der Waals surface area contributed by atoms with Gasteiger partial charge < -0.3 is 21.1 Å². The van der Waals surface area contributed by atoms with Crippen LogP contribution in [0.25, 0.3) is 0 Å². The SMILES string of the molecule is CCCCCc1cccc(CNC[C@H](O)[C@@H](Cc2cc(F)cc(F)c2)C2(C(N)=O)C=C(C)C=C(C(=O)N(CCC)CCC)C2)c1. The number of allylic oxidation sites excluding steroid dienone is 2.